The number of fused-ring (bicyclic) bond motifs is 1. The smallest absolute Gasteiger partial charge is 0.0494 e. The topological polar surface area (TPSA) is 3.24 Å². The summed E-state index contributed by atoms with van der Waals surface area (Å²) in [6.07, 6.45) is 2.35. The lowest BCUT2D eigenvalue weighted by atomic mass is 9.95. The molecule has 20 heavy (non-hydrogen) atoms. The highest BCUT2D eigenvalue weighted by Gasteiger charge is 2.25. The Balaban J connectivity index is 2.14. The first-order chi connectivity index (χ1) is 9.70. The molecule has 1 atom stereocenters. The molecule has 0 aromatic heterocycles. The van der Waals surface area contributed by atoms with Crippen LogP contribution in [-0.4, -0.2) is 6.04 Å². The Hall–Kier alpha value is -1.47. The Morgan fingerprint density at radius 1 is 1.15 bits per heavy atom. The van der Waals surface area contributed by atoms with Crippen LogP contribution in [0.2, 0.25) is 0 Å². The number of hydrogen-bond donors (Lipinski definition) is 0. The average molecular weight is 286 g/mol. The third kappa shape index (κ3) is 2.31. The second-order valence-corrected chi connectivity index (χ2v) is 5.92. The van der Waals surface area contributed by atoms with Gasteiger partial charge in [0, 0.05) is 23.3 Å². The molecule has 1 aliphatic heterocycles. The van der Waals surface area contributed by atoms with Crippen molar-refractivity contribution < 1.29 is 0 Å². The first-order valence-electron chi connectivity index (χ1n) is 7.23. The summed E-state index contributed by atoms with van der Waals surface area (Å²) in [5.74, 6) is 0.558. The second-order valence-electron chi connectivity index (χ2n) is 5.65. The van der Waals surface area contributed by atoms with E-state index in [1.54, 1.807) is 0 Å². The third-order valence-corrected chi connectivity index (χ3v) is 4.45. The predicted molar refractivity (Wildman–Crippen MR) is 87.1 cm³/mol. The van der Waals surface area contributed by atoms with Crippen molar-refractivity contribution in [2.45, 2.75) is 38.6 Å². The van der Waals surface area contributed by atoms with Crippen molar-refractivity contribution in [3.63, 3.8) is 0 Å². The molecule has 2 heteroatoms. The Bertz CT molecular complexity index is 621. The van der Waals surface area contributed by atoms with Crippen molar-refractivity contribution in [3.8, 4) is 0 Å². The Kier molecular flexibility index (Phi) is 3.71. The van der Waals surface area contributed by atoms with Gasteiger partial charge in [0.15, 0.2) is 0 Å². The van der Waals surface area contributed by atoms with E-state index in [0.717, 1.165) is 6.42 Å². The van der Waals surface area contributed by atoms with E-state index in [2.05, 4.69) is 61.2 Å². The van der Waals surface area contributed by atoms with Gasteiger partial charge in [-0.3, -0.25) is 0 Å². The van der Waals surface area contributed by atoms with Gasteiger partial charge in [0.05, 0.1) is 0 Å². The first kappa shape index (κ1) is 13.5. The van der Waals surface area contributed by atoms with Crippen LogP contribution in [0.1, 0.15) is 30.0 Å². The van der Waals surface area contributed by atoms with Gasteiger partial charge in [-0.15, -0.1) is 11.6 Å². The molecule has 1 unspecified atom stereocenters. The fourth-order valence-electron chi connectivity index (χ4n) is 3.11. The van der Waals surface area contributed by atoms with Crippen LogP contribution < -0.4 is 4.90 Å². The number of para-hydroxylation sites is 1. The van der Waals surface area contributed by atoms with E-state index in [1.807, 2.05) is 0 Å². The fraction of sp³-hybridized carbons (Fsp3) is 0.333. The van der Waals surface area contributed by atoms with Gasteiger partial charge in [-0.05, 0) is 49.9 Å². The number of benzene rings is 2. The molecule has 2 aromatic rings. The number of rotatable bonds is 2. The maximum Gasteiger partial charge on any atom is 0.0494 e. The molecular weight excluding hydrogens is 266 g/mol. The standard InChI is InChI=1S/C18H20ClN/c1-13-7-10-18(16(11-13)12-19)20-14(2)8-9-15-5-3-4-6-17(15)20/h3-7,10-11,14H,8-9,12H2,1-2H3. The Labute approximate surface area is 126 Å². The molecule has 1 heterocycles. The summed E-state index contributed by atoms with van der Waals surface area (Å²) < 4.78 is 0. The molecule has 3 rings (SSSR count). The maximum absolute atomic E-state index is 6.17. The van der Waals surface area contributed by atoms with Gasteiger partial charge in [0.1, 0.15) is 0 Å². The maximum atomic E-state index is 6.17. The van der Waals surface area contributed by atoms with Crippen LogP contribution in [0.25, 0.3) is 0 Å². The summed E-state index contributed by atoms with van der Waals surface area (Å²) in [4.78, 5) is 2.45. The van der Waals surface area contributed by atoms with Crippen LogP contribution in [0.15, 0.2) is 42.5 Å². The summed E-state index contributed by atoms with van der Waals surface area (Å²) in [5, 5.41) is 0. The molecule has 0 radical (unpaired) electrons. The van der Waals surface area contributed by atoms with Gasteiger partial charge < -0.3 is 4.90 Å². The van der Waals surface area contributed by atoms with Gasteiger partial charge in [0.25, 0.3) is 0 Å². The van der Waals surface area contributed by atoms with Gasteiger partial charge in [-0.1, -0.05) is 35.9 Å². The van der Waals surface area contributed by atoms with Crippen LogP contribution in [0.3, 0.4) is 0 Å². The van der Waals surface area contributed by atoms with E-state index in [0.29, 0.717) is 11.9 Å². The molecule has 0 N–H and O–H groups in total. The summed E-state index contributed by atoms with van der Waals surface area (Å²) in [7, 11) is 0. The van der Waals surface area contributed by atoms with E-state index in [9.17, 15) is 0 Å². The van der Waals surface area contributed by atoms with E-state index < -0.39 is 0 Å². The molecule has 2 aromatic carbocycles. The number of alkyl halides is 1. The summed E-state index contributed by atoms with van der Waals surface area (Å²) in [6.45, 7) is 4.42. The van der Waals surface area contributed by atoms with Crippen LogP contribution in [-0.2, 0) is 12.3 Å². The minimum atomic E-state index is 0.509. The zero-order chi connectivity index (χ0) is 14.1. The van der Waals surface area contributed by atoms with Crippen LogP contribution >= 0.6 is 11.6 Å². The van der Waals surface area contributed by atoms with E-state index in [-0.39, 0.29) is 0 Å². The Morgan fingerprint density at radius 3 is 2.75 bits per heavy atom. The highest BCUT2D eigenvalue weighted by atomic mass is 35.5. The lowest BCUT2D eigenvalue weighted by Crippen LogP contribution is -2.33. The number of halogens is 1. The highest BCUT2D eigenvalue weighted by Crippen LogP contribution is 2.38. The minimum Gasteiger partial charge on any atom is -0.338 e. The van der Waals surface area contributed by atoms with Crippen molar-refractivity contribution in [1.82, 2.24) is 0 Å². The lowest BCUT2D eigenvalue weighted by Gasteiger charge is -2.38. The van der Waals surface area contributed by atoms with E-state index >= 15 is 0 Å². The van der Waals surface area contributed by atoms with E-state index in [4.69, 9.17) is 11.6 Å². The molecule has 0 amide bonds. The van der Waals surface area contributed by atoms with E-state index in [1.165, 1.54) is 34.5 Å². The Morgan fingerprint density at radius 2 is 1.95 bits per heavy atom. The minimum absolute atomic E-state index is 0.509. The van der Waals surface area contributed by atoms with Gasteiger partial charge >= 0.3 is 0 Å². The number of anilines is 2. The molecular formula is C18H20ClN. The molecule has 0 saturated heterocycles. The predicted octanol–water partition coefficient (Wildman–Crippen LogP) is 5.21. The van der Waals surface area contributed by atoms with Crippen molar-refractivity contribution in [1.29, 1.82) is 0 Å². The molecule has 0 bridgehead atoms. The molecule has 0 saturated carbocycles. The molecule has 0 spiro atoms. The molecule has 0 aliphatic carbocycles. The molecule has 0 fully saturated rings. The van der Waals surface area contributed by atoms with Gasteiger partial charge in [-0.2, -0.15) is 0 Å². The highest BCUT2D eigenvalue weighted by molar-refractivity contribution is 6.17. The largest absolute Gasteiger partial charge is 0.338 e. The van der Waals surface area contributed by atoms with Gasteiger partial charge in [-0.25, -0.2) is 0 Å². The summed E-state index contributed by atoms with van der Waals surface area (Å²) in [5.41, 5.74) is 6.51. The first-order valence-corrected chi connectivity index (χ1v) is 7.77. The zero-order valence-electron chi connectivity index (χ0n) is 12.1. The lowest BCUT2D eigenvalue weighted by molar-refractivity contribution is 0.617. The molecule has 1 aliphatic rings. The third-order valence-electron chi connectivity index (χ3n) is 4.16. The quantitative estimate of drug-likeness (QED) is 0.685. The SMILES string of the molecule is Cc1ccc(N2c3ccccc3CCC2C)c(CCl)c1. The average Bonchev–Trinajstić information content (AvgIpc) is 2.48. The number of nitrogens with zero attached hydrogens (tertiary/aromatic N) is 1. The van der Waals surface area contributed by atoms with Crippen molar-refractivity contribution in [2.24, 2.45) is 0 Å². The normalized spacial score (nSPS) is 17.9. The van der Waals surface area contributed by atoms with Crippen LogP contribution in [0, 0.1) is 6.92 Å². The van der Waals surface area contributed by atoms with Crippen molar-refractivity contribution in [2.75, 3.05) is 4.90 Å². The monoisotopic (exact) mass is 285 g/mol. The van der Waals surface area contributed by atoms with Crippen LogP contribution in [0.5, 0.6) is 0 Å². The number of hydrogen-bond acceptors (Lipinski definition) is 1. The zero-order valence-corrected chi connectivity index (χ0v) is 12.8. The van der Waals surface area contributed by atoms with Crippen LogP contribution in [0.4, 0.5) is 11.4 Å². The van der Waals surface area contributed by atoms with Gasteiger partial charge in [0.2, 0.25) is 0 Å². The van der Waals surface area contributed by atoms with Crippen molar-refractivity contribution in [3.05, 3.63) is 59.2 Å². The van der Waals surface area contributed by atoms with Crippen molar-refractivity contribution >= 4 is 23.0 Å². The molecule has 104 valence electrons. The summed E-state index contributed by atoms with van der Waals surface area (Å²) >= 11 is 6.17. The fourth-order valence-corrected chi connectivity index (χ4v) is 3.33. The summed E-state index contributed by atoms with van der Waals surface area (Å²) in [6, 6.07) is 15.8. The number of aryl methyl sites for hydroxylation is 2. The molecule has 1 nitrogen and oxygen atoms in total. The second kappa shape index (κ2) is 5.49.